The number of rotatable bonds is 2. The Kier molecular flexibility index (Phi) is 2.29. The van der Waals surface area contributed by atoms with Crippen LogP contribution in [-0.4, -0.2) is 14.5 Å². The van der Waals surface area contributed by atoms with Crippen LogP contribution in [0.15, 0.2) is 18.0 Å². The molecule has 0 spiro atoms. The van der Waals surface area contributed by atoms with E-state index < -0.39 is 0 Å². The van der Waals surface area contributed by atoms with Crippen LogP contribution in [-0.2, 0) is 19.4 Å². The Hall–Kier alpha value is -1.16. The second-order valence-corrected chi connectivity index (χ2v) is 4.91. The van der Waals surface area contributed by atoms with E-state index in [0.29, 0.717) is 0 Å². The summed E-state index contributed by atoms with van der Waals surface area (Å²) in [6, 6.07) is 0. The number of fused-ring (bicyclic) bond motifs is 1. The molecule has 78 valence electrons. The third-order valence-electron chi connectivity index (χ3n) is 2.92. The number of imidazole rings is 1. The average Bonchev–Trinajstić information content (AvgIpc) is 2.89. The molecule has 0 aliphatic heterocycles. The molecular formula is C11H13N3S. The lowest BCUT2D eigenvalue weighted by molar-refractivity contribution is 0.630. The monoisotopic (exact) mass is 219 g/mol. The predicted molar refractivity (Wildman–Crippen MR) is 60.1 cm³/mol. The van der Waals surface area contributed by atoms with Gasteiger partial charge in [-0.3, -0.25) is 4.98 Å². The molecule has 0 amide bonds. The lowest BCUT2D eigenvalue weighted by Gasteiger charge is -2.13. The highest BCUT2D eigenvalue weighted by Crippen LogP contribution is 2.21. The van der Waals surface area contributed by atoms with Gasteiger partial charge in [0, 0.05) is 16.8 Å². The second-order valence-electron chi connectivity index (χ2n) is 3.94. The fourth-order valence-electron chi connectivity index (χ4n) is 2.16. The van der Waals surface area contributed by atoms with Crippen molar-refractivity contribution in [3.63, 3.8) is 0 Å². The Morgan fingerprint density at radius 1 is 1.33 bits per heavy atom. The van der Waals surface area contributed by atoms with E-state index in [1.165, 1.54) is 35.5 Å². The Balaban J connectivity index is 1.89. The van der Waals surface area contributed by atoms with Gasteiger partial charge in [0.15, 0.2) is 0 Å². The summed E-state index contributed by atoms with van der Waals surface area (Å²) in [5, 5.41) is 0. The van der Waals surface area contributed by atoms with E-state index in [2.05, 4.69) is 14.5 Å². The normalized spacial score (nSPS) is 15.2. The first-order valence-corrected chi connectivity index (χ1v) is 6.22. The van der Waals surface area contributed by atoms with E-state index in [-0.39, 0.29) is 0 Å². The minimum absolute atomic E-state index is 0.938. The summed E-state index contributed by atoms with van der Waals surface area (Å²) in [4.78, 5) is 9.89. The standard InChI is InChI=1S/C11H13N3S/c1-2-4-11-10(3-1)13-7-14(11)6-9-5-12-8-15-9/h5,7-8H,1-4,6H2. The van der Waals surface area contributed by atoms with E-state index in [1.54, 1.807) is 11.3 Å². The first-order chi connectivity index (χ1) is 7.43. The fourth-order valence-corrected chi connectivity index (χ4v) is 2.75. The number of aryl methyl sites for hydroxylation is 1. The van der Waals surface area contributed by atoms with Gasteiger partial charge >= 0.3 is 0 Å². The molecule has 3 rings (SSSR count). The van der Waals surface area contributed by atoms with Gasteiger partial charge in [0.1, 0.15) is 0 Å². The molecule has 1 aliphatic carbocycles. The molecule has 3 nitrogen and oxygen atoms in total. The van der Waals surface area contributed by atoms with Gasteiger partial charge in [-0.2, -0.15) is 0 Å². The highest BCUT2D eigenvalue weighted by molar-refractivity contribution is 7.09. The molecule has 1 aliphatic rings. The van der Waals surface area contributed by atoms with Crippen LogP contribution in [0.4, 0.5) is 0 Å². The van der Waals surface area contributed by atoms with Crippen molar-refractivity contribution >= 4 is 11.3 Å². The molecule has 0 aromatic carbocycles. The van der Waals surface area contributed by atoms with E-state index in [9.17, 15) is 0 Å². The molecular weight excluding hydrogens is 206 g/mol. The second kappa shape index (κ2) is 3.77. The number of hydrogen-bond acceptors (Lipinski definition) is 3. The number of nitrogens with zero attached hydrogens (tertiary/aromatic N) is 3. The molecule has 0 unspecified atom stereocenters. The molecule has 4 heteroatoms. The van der Waals surface area contributed by atoms with Gasteiger partial charge in [0.2, 0.25) is 0 Å². The number of hydrogen-bond donors (Lipinski definition) is 0. The lowest BCUT2D eigenvalue weighted by Crippen LogP contribution is -2.08. The zero-order valence-electron chi connectivity index (χ0n) is 8.52. The molecule has 2 heterocycles. The molecule has 0 saturated carbocycles. The van der Waals surface area contributed by atoms with E-state index in [0.717, 1.165) is 13.0 Å². The van der Waals surface area contributed by atoms with Crippen molar-refractivity contribution in [3.05, 3.63) is 34.3 Å². The first-order valence-electron chi connectivity index (χ1n) is 5.34. The third kappa shape index (κ3) is 1.69. The zero-order chi connectivity index (χ0) is 10.1. The minimum atomic E-state index is 0.938. The van der Waals surface area contributed by atoms with Gasteiger partial charge < -0.3 is 4.57 Å². The summed E-state index contributed by atoms with van der Waals surface area (Å²) in [5.41, 5.74) is 4.64. The van der Waals surface area contributed by atoms with Crippen molar-refractivity contribution in [2.45, 2.75) is 32.2 Å². The molecule has 0 N–H and O–H groups in total. The Labute approximate surface area is 92.8 Å². The number of thiazole rings is 1. The van der Waals surface area contributed by atoms with Crippen LogP contribution < -0.4 is 0 Å². The van der Waals surface area contributed by atoms with Crippen molar-refractivity contribution in [1.29, 1.82) is 0 Å². The van der Waals surface area contributed by atoms with Crippen LogP contribution in [0.5, 0.6) is 0 Å². The Bertz CT molecular complexity index is 444. The maximum absolute atomic E-state index is 4.48. The maximum atomic E-state index is 4.48. The summed E-state index contributed by atoms with van der Waals surface area (Å²) in [5.74, 6) is 0. The van der Waals surface area contributed by atoms with Crippen molar-refractivity contribution < 1.29 is 0 Å². The molecule has 0 radical (unpaired) electrons. The fraction of sp³-hybridized carbons (Fsp3) is 0.455. The summed E-state index contributed by atoms with van der Waals surface area (Å²) in [6.45, 7) is 0.938. The number of aromatic nitrogens is 3. The van der Waals surface area contributed by atoms with Crippen LogP contribution >= 0.6 is 11.3 Å². The first kappa shape index (κ1) is 9.09. The largest absolute Gasteiger partial charge is 0.329 e. The van der Waals surface area contributed by atoms with E-state index in [4.69, 9.17) is 0 Å². The van der Waals surface area contributed by atoms with Gasteiger partial charge in [-0.25, -0.2) is 4.98 Å². The molecule has 0 saturated heterocycles. The maximum Gasteiger partial charge on any atom is 0.0955 e. The van der Waals surface area contributed by atoms with Gasteiger partial charge in [0.05, 0.1) is 24.1 Å². The molecule has 2 aromatic rings. The molecule has 0 bridgehead atoms. The summed E-state index contributed by atoms with van der Waals surface area (Å²) >= 11 is 1.71. The predicted octanol–water partition coefficient (Wildman–Crippen LogP) is 2.27. The van der Waals surface area contributed by atoms with Crippen LogP contribution in [0.1, 0.15) is 29.1 Å². The van der Waals surface area contributed by atoms with Crippen molar-refractivity contribution in [1.82, 2.24) is 14.5 Å². The SMILES string of the molecule is c1ncc(Cn2cnc3c2CCCC3)s1. The van der Waals surface area contributed by atoms with Crippen LogP contribution in [0.25, 0.3) is 0 Å². The summed E-state index contributed by atoms with van der Waals surface area (Å²) in [7, 11) is 0. The van der Waals surface area contributed by atoms with Gasteiger partial charge in [-0.15, -0.1) is 11.3 Å². The highest BCUT2D eigenvalue weighted by atomic mass is 32.1. The molecule has 2 aromatic heterocycles. The third-order valence-corrected chi connectivity index (χ3v) is 3.68. The van der Waals surface area contributed by atoms with Gasteiger partial charge in [-0.1, -0.05) is 0 Å². The Morgan fingerprint density at radius 3 is 3.13 bits per heavy atom. The van der Waals surface area contributed by atoms with Crippen molar-refractivity contribution in [2.75, 3.05) is 0 Å². The zero-order valence-corrected chi connectivity index (χ0v) is 9.33. The topological polar surface area (TPSA) is 30.7 Å². The van der Waals surface area contributed by atoms with E-state index in [1.807, 2.05) is 18.0 Å². The van der Waals surface area contributed by atoms with Crippen LogP contribution in [0.2, 0.25) is 0 Å². The van der Waals surface area contributed by atoms with Crippen LogP contribution in [0.3, 0.4) is 0 Å². The van der Waals surface area contributed by atoms with E-state index >= 15 is 0 Å². The summed E-state index contributed by atoms with van der Waals surface area (Å²) < 4.78 is 2.28. The molecule has 15 heavy (non-hydrogen) atoms. The molecule has 0 fully saturated rings. The van der Waals surface area contributed by atoms with Crippen molar-refractivity contribution in [3.8, 4) is 0 Å². The average molecular weight is 219 g/mol. The summed E-state index contributed by atoms with van der Waals surface area (Å²) in [6.07, 6.45) is 8.88. The minimum Gasteiger partial charge on any atom is -0.329 e. The van der Waals surface area contributed by atoms with Crippen LogP contribution in [0, 0.1) is 0 Å². The van der Waals surface area contributed by atoms with Gasteiger partial charge in [0.25, 0.3) is 0 Å². The smallest absolute Gasteiger partial charge is 0.0955 e. The Morgan fingerprint density at radius 2 is 2.27 bits per heavy atom. The van der Waals surface area contributed by atoms with Gasteiger partial charge in [-0.05, 0) is 25.7 Å². The molecule has 0 atom stereocenters. The lowest BCUT2D eigenvalue weighted by atomic mass is 10.0. The quantitative estimate of drug-likeness (QED) is 0.775. The van der Waals surface area contributed by atoms with Crippen molar-refractivity contribution in [2.24, 2.45) is 0 Å². The highest BCUT2D eigenvalue weighted by Gasteiger charge is 2.15.